The molecule has 0 atom stereocenters. The van der Waals surface area contributed by atoms with Crippen LogP contribution in [0.2, 0.25) is 0 Å². The molecular weight excluding hydrogens is 342 g/mol. The van der Waals surface area contributed by atoms with Crippen LogP contribution in [0.15, 0.2) is 59.3 Å². The molecule has 140 valence electrons. The highest BCUT2D eigenvalue weighted by Crippen LogP contribution is 2.15. The number of benzene rings is 1. The van der Waals surface area contributed by atoms with E-state index in [-0.39, 0.29) is 11.7 Å². The Balaban J connectivity index is 1.74. The van der Waals surface area contributed by atoms with Gasteiger partial charge in [-0.15, -0.1) is 0 Å². The van der Waals surface area contributed by atoms with Crippen LogP contribution in [0.4, 0.5) is 0 Å². The number of methoxy groups -OCH3 is 1. The van der Waals surface area contributed by atoms with Gasteiger partial charge in [0.05, 0.1) is 25.0 Å². The monoisotopic (exact) mass is 365 g/mol. The number of rotatable bonds is 8. The van der Waals surface area contributed by atoms with Crippen LogP contribution in [0, 0.1) is 0 Å². The van der Waals surface area contributed by atoms with E-state index >= 15 is 0 Å². The normalized spacial score (nSPS) is 10.6. The van der Waals surface area contributed by atoms with E-state index in [2.05, 4.69) is 10.1 Å². The molecule has 0 fully saturated rings. The molecule has 3 aromatic rings. The van der Waals surface area contributed by atoms with Crippen LogP contribution >= 0.6 is 0 Å². The van der Waals surface area contributed by atoms with Crippen molar-refractivity contribution in [2.45, 2.75) is 26.3 Å². The standard InChI is InChI=1S/C21H23N3O3/c1-3-17-14-20(27-23-17)21(25)24(15-18-6-4-5-12-22-18)13-11-16-7-9-19(26-2)10-8-16/h4-10,12,14H,3,11,13,15H2,1-2H3. The quantitative estimate of drug-likeness (QED) is 0.611. The van der Waals surface area contributed by atoms with E-state index in [0.717, 1.165) is 35.5 Å². The first kappa shape index (κ1) is 18.6. The van der Waals surface area contributed by atoms with Crippen LogP contribution in [0.5, 0.6) is 5.75 Å². The highest BCUT2D eigenvalue weighted by atomic mass is 16.5. The maximum Gasteiger partial charge on any atom is 0.292 e. The van der Waals surface area contributed by atoms with Gasteiger partial charge in [0.25, 0.3) is 5.91 Å². The van der Waals surface area contributed by atoms with Crippen molar-refractivity contribution >= 4 is 5.91 Å². The highest BCUT2D eigenvalue weighted by molar-refractivity contribution is 5.91. The van der Waals surface area contributed by atoms with Crippen LogP contribution in [0.1, 0.15) is 34.4 Å². The smallest absolute Gasteiger partial charge is 0.292 e. The zero-order chi connectivity index (χ0) is 19.1. The number of carbonyl (C=O) groups is 1. The molecule has 0 radical (unpaired) electrons. The molecular formula is C21H23N3O3. The Bertz CT molecular complexity index is 860. The summed E-state index contributed by atoms with van der Waals surface area (Å²) in [6, 6.07) is 15.2. The van der Waals surface area contributed by atoms with Gasteiger partial charge in [0.15, 0.2) is 0 Å². The number of carbonyl (C=O) groups excluding carboxylic acids is 1. The van der Waals surface area contributed by atoms with Gasteiger partial charge < -0.3 is 14.2 Å². The van der Waals surface area contributed by atoms with E-state index in [1.807, 2.05) is 49.4 Å². The number of aryl methyl sites for hydroxylation is 1. The molecule has 6 nitrogen and oxygen atoms in total. The number of hydrogen-bond acceptors (Lipinski definition) is 5. The van der Waals surface area contributed by atoms with E-state index in [9.17, 15) is 4.79 Å². The Labute approximate surface area is 158 Å². The van der Waals surface area contributed by atoms with Gasteiger partial charge >= 0.3 is 0 Å². The fourth-order valence-corrected chi connectivity index (χ4v) is 2.73. The molecule has 0 aliphatic heterocycles. The topological polar surface area (TPSA) is 68.5 Å². The van der Waals surface area contributed by atoms with E-state index in [4.69, 9.17) is 9.26 Å². The number of ether oxygens (including phenoxy) is 1. The number of nitrogens with zero attached hydrogens (tertiary/aromatic N) is 3. The molecule has 27 heavy (non-hydrogen) atoms. The Morgan fingerprint density at radius 3 is 2.59 bits per heavy atom. The van der Waals surface area contributed by atoms with Gasteiger partial charge in [0.1, 0.15) is 5.75 Å². The van der Waals surface area contributed by atoms with E-state index in [1.165, 1.54) is 0 Å². The number of pyridine rings is 1. The van der Waals surface area contributed by atoms with Crippen molar-refractivity contribution in [3.05, 3.63) is 77.4 Å². The molecule has 0 saturated heterocycles. The number of hydrogen-bond donors (Lipinski definition) is 0. The Hall–Kier alpha value is -3.15. The van der Waals surface area contributed by atoms with E-state index in [1.54, 1.807) is 24.3 Å². The van der Waals surface area contributed by atoms with E-state index < -0.39 is 0 Å². The lowest BCUT2D eigenvalue weighted by Crippen LogP contribution is -2.32. The molecule has 1 aromatic carbocycles. The minimum Gasteiger partial charge on any atom is -0.497 e. The average Bonchev–Trinajstić information content (AvgIpc) is 3.21. The Morgan fingerprint density at radius 2 is 1.96 bits per heavy atom. The fraction of sp³-hybridized carbons (Fsp3) is 0.286. The summed E-state index contributed by atoms with van der Waals surface area (Å²) in [6.07, 6.45) is 3.17. The van der Waals surface area contributed by atoms with Crippen molar-refractivity contribution < 1.29 is 14.1 Å². The van der Waals surface area contributed by atoms with Crippen molar-refractivity contribution in [2.24, 2.45) is 0 Å². The second kappa shape index (κ2) is 8.98. The van der Waals surface area contributed by atoms with Crippen molar-refractivity contribution in [1.29, 1.82) is 0 Å². The summed E-state index contributed by atoms with van der Waals surface area (Å²) in [6.45, 7) is 2.93. The molecule has 2 aromatic heterocycles. The average molecular weight is 365 g/mol. The van der Waals surface area contributed by atoms with Crippen molar-refractivity contribution in [2.75, 3.05) is 13.7 Å². The third kappa shape index (κ3) is 4.94. The van der Waals surface area contributed by atoms with Gasteiger partial charge in [-0.25, -0.2) is 0 Å². The fourth-order valence-electron chi connectivity index (χ4n) is 2.73. The van der Waals surface area contributed by atoms with Gasteiger partial charge in [-0.2, -0.15) is 0 Å². The first-order valence-corrected chi connectivity index (χ1v) is 8.97. The molecule has 0 unspecified atom stereocenters. The first-order valence-electron chi connectivity index (χ1n) is 8.97. The molecule has 3 rings (SSSR count). The Morgan fingerprint density at radius 1 is 1.15 bits per heavy atom. The van der Waals surface area contributed by atoms with Crippen LogP contribution in [-0.4, -0.2) is 34.6 Å². The zero-order valence-electron chi connectivity index (χ0n) is 15.6. The first-order chi connectivity index (χ1) is 13.2. The molecule has 6 heteroatoms. The summed E-state index contributed by atoms with van der Waals surface area (Å²) in [7, 11) is 1.64. The third-order valence-corrected chi connectivity index (χ3v) is 4.33. The molecule has 2 heterocycles. The predicted octanol–water partition coefficient (Wildman–Crippen LogP) is 3.53. The second-order valence-corrected chi connectivity index (χ2v) is 6.18. The third-order valence-electron chi connectivity index (χ3n) is 4.33. The van der Waals surface area contributed by atoms with Gasteiger partial charge in [-0.05, 0) is 42.7 Å². The number of amides is 1. The van der Waals surface area contributed by atoms with Crippen molar-refractivity contribution in [1.82, 2.24) is 15.0 Å². The number of aromatic nitrogens is 2. The summed E-state index contributed by atoms with van der Waals surface area (Å²) >= 11 is 0. The minimum atomic E-state index is -0.179. The summed E-state index contributed by atoms with van der Waals surface area (Å²) in [4.78, 5) is 19.0. The zero-order valence-corrected chi connectivity index (χ0v) is 15.6. The summed E-state index contributed by atoms with van der Waals surface area (Å²) in [5.74, 6) is 0.896. The largest absolute Gasteiger partial charge is 0.497 e. The molecule has 1 amide bonds. The maximum atomic E-state index is 12.9. The summed E-state index contributed by atoms with van der Waals surface area (Å²) < 4.78 is 10.4. The predicted molar refractivity (Wildman–Crippen MR) is 102 cm³/mol. The molecule has 0 saturated carbocycles. The van der Waals surface area contributed by atoms with Crippen LogP contribution in [0.25, 0.3) is 0 Å². The van der Waals surface area contributed by atoms with Gasteiger partial charge in [0.2, 0.25) is 5.76 Å². The van der Waals surface area contributed by atoms with Crippen molar-refractivity contribution in [3.8, 4) is 5.75 Å². The SMILES string of the molecule is CCc1cc(C(=O)N(CCc2ccc(OC)cc2)Cc2ccccn2)on1. The molecule has 0 N–H and O–H groups in total. The van der Waals surface area contributed by atoms with Crippen LogP contribution in [0.3, 0.4) is 0 Å². The minimum absolute atomic E-state index is 0.179. The van der Waals surface area contributed by atoms with Crippen LogP contribution < -0.4 is 4.74 Å². The van der Waals surface area contributed by atoms with Crippen LogP contribution in [-0.2, 0) is 19.4 Å². The van der Waals surface area contributed by atoms with Gasteiger partial charge in [-0.3, -0.25) is 9.78 Å². The summed E-state index contributed by atoms with van der Waals surface area (Å²) in [5.41, 5.74) is 2.73. The molecule has 0 aliphatic carbocycles. The lowest BCUT2D eigenvalue weighted by molar-refractivity contribution is 0.0700. The van der Waals surface area contributed by atoms with Crippen molar-refractivity contribution in [3.63, 3.8) is 0 Å². The Kier molecular flexibility index (Phi) is 6.20. The molecule has 0 aliphatic rings. The van der Waals surface area contributed by atoms with Gasteiger partial charge in [0, 0.05) is 18.8 Å². The second-order valence-electron chi connectivity index (χ2n) is 6.18. The highest BCUT2D eigenvalue weighted by Gasteiger charge is 2.21. The maximum absolute atomic E-state index is 12.9. The van der Waals surface area contributed by atoms with E-state index in [0.29, 0.717) is 13.1 Å². The molecule has 0 bridgehead atoms. The van der Waals surface area contributed by atoms with Gasteiger partial charge in [-0.1, -0.05) is 30.3 Å². The lowest BCUT2D eigenvalue weighted by Gasteiger charge is -2.21. The summed E-state index contributed by atoms with van der Waals surface area (Å²) in [5, 5.41) is 3.93. The lowest BCUT2D eigenvalue weighted by atomic mass is 10.1. The molecule has 0 spiro atoms.